The molecule has 2 heterocycles. The van der Waals surface area contributed by atoms with Gasteiger partial charge in [-0.05, 0) is 43.9 Å². The zero-order chi connectivity index (χ0) is 20.8. The van der Waals surface area contributed by atoms with Crippen LogP contribution in [0.3, 0.4) is 0 Å². The number of aryl methyl sites for hydroxylation is 1. The minimum Gasteiger partial charge on any atom is -0.368 e. The Bertz CT molecular complexity index is 807. The number of anilines is 2. The lowest BCUT2D eigenvalue weighted by Gasteiger charge is -2.37. The highest BCUT2D eigenvalue weighted by Gasteiger charge is 2.24. The van der Waals surface area contributed by atoms with Crippen LogP contribution in [-0.4, -0.2) is 60.0 Å². The van der Waals surface area contributed by atoms with Crippen molar-refractivity contribution in [3.63, 3.8) is 0 Å². The average molecular weight is 396 g/mol. The largest absolute Gasteiger partial charge is 0.368 e. The van der Waals surface area contributed by atoms with Crippen molar-refractivity contribution in [1.82, 2.24) is 14.9 Å². The van der Waals surface area contributed by atoms with Gasteiger partial charge in [-0.25, -0.2) is 9.97 Å². The van der Waals surface area contributed by atoms with E-state index in [1.54, 1.807) is 12.4 Å². The summed E-state index contributed by atoms with van der Waals surface area (Å²) < 4.78 is 0. The molecule has 2 aromatic rings. The van der Waals surface area contributed by atoms with E-state index in [9.17, 15) is 4.79 Å². The first-order chi connectivity index (χ1) is 14.0. The van der Waals surface area contributed by atoms with Crippen molar-refractivity contribution in [3.05, 3.63) is 47.4 Å². The maximum Gasteiger partial charge on any atom is 0.274 e. The standard InChI is InChI=1S/C23H33N5O/c1-5-10-27(11-6-2)22-17-24-20(16-25-22)23(29)28-14-12-26(13-15-28)21-9-7-8-18(3)19(21)4/h7-9,16-17H,5-6,10-15H2,1-4H3. The van der Waals surface area contributed by atoms with E-state index < -0.39 is 0 Å². The second kappa shape index (κ2) is 9.72. The fourth-order valence-corrected chi connectivity index (χ4v) is 3.87. The molecule has 29 heavy (non-hydrogen) atoms. The fourth-order valence-electron chi connectivity index (χ4n) is 3.87. The second-order valence-corrected chi connectivity index (χ2v) is 7.75. The summed E-state index contributed by atoms with van der Waals surface area (Å²) in [6, 6.07) is 6.41. The molecule has 0 radical (unpaired) electrons. The van der Waals surface area contributed by atoms with Crippen molar-refractivity contribution in [2.75, 3.05) is 49.1 Å². The van der Waals surface area contributed by atoms with E-state index in [1.165, 1.54) is 16.8 Å². The Morgan fingerprint density at radius 3 is 2.28 bits per heavy atom. The lowest BCUT2D eigenvalue weighted by molar-refractivity contribution is 0.0740. The Morgan fingerprint density at radius 1 is 1.00 bits per heavy atom. The molecule has 0 saturated carbocycles. The van der Waals surface area contributed by atoms with Gasteiger partial charge in [0.2, 0.25) is 0 Å². The molecule has 0 unspecified atom stereocenters. The van der Waals surface area contributed by atoms with Gasteiger partial charge < -0.3 is 14.7 Å². The van der Waals surface area contributed by atoms with Crippen LogP contribution in [0.2, 0.25) is 0 Å². The van der Waals surface area contributed by atoms with Crippen LogP contribution >= 0.6 is 0 Å². The van der Waals surface area contributed by atoms with E-state index >= 15 is 0 Å². The fraction of sp³-hybridized carbons (Fsp3) is 0.522. The van der Waals surface area contributed by atoms with Gasteiger partial charge in [0, 0.05) is 45.0 Å². The molecule has 1 aromatic heterocycles. The molecule has 1 aliphatic heterocycles. The number of hydrogen-bond acceptors (Lipinski definition) is 5. The highest BCUT2D eigenvalue weighted by atomic mass is 16.2. The number of benzene rings is 1. The number of rotatable bonds is 7. The van der Waals surface area contributed by atoms with Gasteiger partial charge in [0.1, 0.15) is 11.5 Å². The third kappa shape index (κ3) is 4.86. The zero-order valence-corrected chi connectivity index (χ0v) is 18.2. The third-order valence-corrected chi connectivity index (χ3v) is 5.65. The molecule has 1 aromatic carbocycles. The normalized spacial score (nSPS) is 14.2. The quantitative estimate of drug-likeness (QED) is 0.716. The lowest BCUT2D eigenvalue weighted by Crippen LogP contribution is -2.49. The van der Waals surface area contributed by atoms with E-state index in [2.05, 4.69) is 65.7 Å². The topological polar surface area (TPSA) is 52.6 Å². The van der Waals surface area contributed by atoms with E-state index in [4.69, 9.17) is 0 Å². The summed E-state index contributed by atoms with van der Waals surface area (Å²) in [4.78, 5) is 28.3. The van der Waals surface area contributed by atoms with Crippen LogP contribution < -0.4 is 9.80 Å². The lowest BCUT2D eigenvalue weighted by atomic mass is 10.1. The molecule has 0 N–H and O–H groups in total. The van der Waals surface area contributed by atoms with Gasteiger partial charge in [0.15, 0.2) is 0 Å². The molecular formula is C23H33N5O. The van der Waals surface area contributed by atoms with Crippen LogP contribution in [0.4, 0.5) is 11.5 Å². The Hall–Kier alpha value is -2.63. The van der Waals surface area contributed by atoms with Crippen molar-refractivity contribution in [3.8, 4) is 0 Å². The summed E-state index contributed by atoms with van der Waals surface area (Å²) in [5.74, 6) is 0.826. The molecule has 1 saturated heterocycles. The first kappa shape index (κ1) is 21.1. The summed E-state index contributed by atoms with van der Waals surface area (Å²) >= 11 is 0. The minimum absolute atomic E-state index is 0.0257. The third-order valence-electron chi connectivity index (χ3n) is 5.65. The molecule has 6 nitrogen and oxygen atoms in total. The molecule has 3 rings (SSSR count). The van der Waals surface area contributed by atoms with Crippen LogP contribution in [0.5, 0.6) is 0 Å². The SMILES string of the molecule is CCCN(CCC)c1cnc(C(=O)N2CCN(c3cccc(C)c3C)CC2)cn1. The Labute approximate surface area is 174 Å². The summed E-state index contributed by atoms with van der Waals surface area (Å²) in [6.45, 7) is 13.6. The highest BCUT2D eigenvalue weighted by molar-refractivity contribution is 5.92. The first-order valence-electron chi connectivity index (χ1n) is 10.7. The smallest absolute Gasteiger partial charge is 0.274 e. The average Bonchev–Trinajstić information content (AvgIpc) is 2.75. The summed E-state index contributed by atoms with van der Waals surface area (Å²) in [7, 11) is 0. The highest BCUT2D eigenvalue weighted by Crippen LogP contribution is 2.24. The molecule has 1 aliphatic rings. The van der Waals surface area contributed by atoms with Crippen molar-refractivity contribution >= 4 is 17.4 Å². The number of nitrogens with zero attached hydrogens (tertiary/aromatic N) is 5. The summed E-state index contributed by atoms with van der Waals surface area (Å²) in [5.41, 5.74) is 4.32. The van der Waals surface area contributed by atoms with Gasteiger partial charge in [0.25, 0.3) is 5.91 Å². The molecular weight excluding hydrogens is 362 g/mol. The van der Waals surface area contributed by atoms with Gasteiger partial charge in [-0.3, -0.25) is 4.79 Å². The number of piperazine rings is 1. The van der Waals surface area contributed by atoms with Crippen LogP contribution in [0, 0.1) is 13.8 Å². The zero-order valence-electron chi connectivity index (χ0n) is 18.2. The molecule has 0 atom stereocenters. The minimum atomic E-state index is -0.0257. The number of hydrogen-bond donors (Lipinski definition) is 0. The summed E-state index contributed by atoms with van der Waals surface area (Å²) in [6.07, 6.45) is 5.50. The van der Waals surface area contributed by atoms with Gasteiger partial charge in [0.05, 0.1) is 12.4 Å². The van der Waals surface area contributed by atoms with Crippen LogP contribution in [0.1, 0.15) is 48.3 Å². The predicted molar refractivity (Wildman–Crippen MR) is 119 cm³/mol. The monoisotopic (exact) mass is 395 g/mol. The summed E-state index contributed by atoms with van der Waals surface area (Å²) in [5, 5.41) is 0. The number of carbonyl (C=O) groups excluding carboxylic acids is 1. The number of carbonyl (C=O) groups is 1. The van der Waals surface area contributed by atoms with Crippen molar-refractivity contribution < 1.29 is 4.79 Å². The predicted octanol–water partition coefficient (Wildman–Crippen LogP) is 3.68. The molecule has 1 fully saturated rings. The number of amides is 1. The number of aromatic nitrogens is 2. The maximum absolute atomic E-state index is 12.9. The Kier molecular flexibility index (Phi) is 7.07. The Balaban J connectivity index is 1.62. The van der Waals surface area contributed by atoms with E-state index in [0.29, 0.717) is 18.8 Å². The van der Waals surface area contributed by atoms with Crippen LogP contribution in [0.15, 0.2) is 30.6 Å². The van der Waals surface area contributed by atoms with Crippen LogP contribution in [-0.2, 0) is 0 Å². The molecule has 0 aliphatic carbocycles. The molecule has 156 valence electrons. The molecule has 6 heteroatoms. The van der Waals surface area contributed by atoms with Gasteiger partial charge >= 0.3 is 0 Å². The van der Waals surface area contributed by atoms with E-state index in [1.807, 2.05) is 4.90 Å². The van der Waals surface area contributed by atoms with Crippen molar-refractivity contribution in [2.24, 2.45) is 0 Å². The maximum atomic E-state index is 12.9. The van der Waals surface area contributed by atoms with E-state index in [-0.39, 0.29) is 5.91 Å². The van der Waals surface area contributed by atoms with Gasteiger partial charge in [-0.2, -0.15) is 0 Å². The van der Waals surface area contributed by atoms with Gasteiger partial charge in [-0.1, -0.05) is 26.0 Å². The van der Waals surface area contributed by atoms with Crippen LogP contribution in [0.25, 0.3) is 0 Å². The molecule has 0 spiro atoms. The second-order valence-electron chi connectivity index (χ2n) is 7.75. The van der Waals surface area contributed by atoms with Crippen molar-refractivity contribution in [1.29, 1.82) is 0 Å². The first-order valence-corrected chi connectivity index (χ1v) is 10.7. The van der Waals surface area contributed by atoms with Gasteiger partial charge in [-0.15, -0.1) is 0 Å². The van der Waals surface area contributed by atoms with Crippen molar-refractivity contribution in [2.45, 2.75) is 40.5 Å². The molecule has 0 bridgehead atoms. The van der Waals surface area contributed by atoms with E-state index in [0.717, 1.165) is 44.8 Å². The molecule has 1 amide bonds. The Morgan fingerprint density at radius 2 is 1.69 bits per heavy atom.